The smallest absolute Gasteiger partial charge is 0.251 e. The van der Waals surface area contributed by atoms with E-state index in [1.165, 1.54) is 0 Å². The second-order valence-electron chi connectivity index (χ2n) is 6.84. The fraction of sp³-hybridized carbons (Fsp3) is 0.333. The summed E-state index contributed by atoms with van der Waals surface area (Å²) < 4.78 is 0. The van der Waals surface area contributed by atoms with Gasteiger partial charge < -0.3 is 16.0 Å². The van der Waals surface area contributed by atoms with Gasteiger partial charge in [0, 0.05) is 31.1 Å². The molecule has 0 bridgehead atoms. The van der Waals surface area contributed by atoms with Crippen LogP contribution in [0.1, 0.15) is 33.9 Å². The van der Waals surface area contributed by atoms with Crippen molar-refractivity contribution in [2.75, 3.05) is 19.6 Å². The van der Waals surface area contributed by atoms with Crippen LogP contribution >= 0.6 is 12.4 Å². The molecule has 0 spiro atoms. The fourth-order valence-corrected chi connectivity index (χ4v) is 2.89. The average Bonchev–Trinajstić information content (AvgIpc) is 2.61. The number of benzene rings is 2. The van der Waals surface area contributed by atoms with Crippen molar-refractivity contribution in [3.8, 4) is 0 Å². The van der Waals surface area contributed by atoms with Gasteiger partial charge in [0.05, 0.1) is 12.5 Å². The van der Waals surface area contributed by atoms with Gasteiger partial charge in [0.25, 0.3) is 5.91 Å². The Labute approximate surface area is 166 Å². The van der Waals surface area contributed by atoms with Gasteiger partial charge in [-0.3, -0.25) is 9.59 Å². The molecule has 1 aliphatic rings. The molecule has 2 amide bonds. The molecule has 1 fully saturated rings. The van der Waals surface area contributed by atoms with E-state index < -0.39 is 0 Å². The normalized spacial score (nSPS) is 14.4. The Hall–Kier alpha value is -2.37. The van der Waals surface area contributed by atoms with Gasteiger partial charge in [0.1, 0.15) is 0 Å². The zero-order valence-corrected chi connectivity index (χ0v) is 16.2. The predicted molar refractivity (Wildman–Crippen MR) is 109 cm³/mol. The number of nitrogens with one attached hydrogen (secondary N) is 3. The van der Waals surface area contributed by atoms with E-state index in [0.717, 1.165) is 24.2 Å². The maximum Gasteiger partial charge on any atom is 0.251 e. The van der Waals surface area contributed by atoms with E-state index >= 15 is 0 Å². The molecule has 27 heavy (non-hydrogen) atoms. The van der Waals surface area contributed by atoms with Crippen LogP contribution in [0.3, 0.4) is 0 Å². The summed E-state index contributed by atoms with van der Waals surface area (Å²) in [6.07, 6.45) is 0.224. The second kappa shape index (κ2) is 10.1. The number of halogens is 1. The summed E-state index contributed by atoms with van der Waals surface area (Å²) in [6.45, 7) is 4.56. The maximum absolute atomic E-state index is 12.6. The van der Waals surface area contributed by atoms with Crippen molar-refractivity contribution in [3.05, 3.63) is 71.3 Å². The fourth-order valence-electron chi connectivity index (χ4n) is 2.89. The number of aryl methyl sites for hydroxylation is 1. The average molecular weight is 388 g/mol. The second-order valence-corrected chi connectivity index (χ2v) is 6.84. The summed E-state index contributed by atoms with van der Waals surface area (Å²) in [4.78, 5) is 24.9. The van der Waals surface area contributed by atoms with Crippen molar-refractivity contribution in [1.29, 1.82) is 0 Å². The summed E-state index contributed by atoms with van der Waals surface area (Å²) >= 11 is 0. The van der Waals surface area contributed by atoms with Crippen LogP contribution in [0.2, 0.25) is 0 Å². The van der Waals surface area contributed by atoms with E-state index in [0.29, 0.717) is 18.0 Å². The van der Waals surface area contributed by atoms with Gasteiger partial charge in [-0.2, -0.15) is 0 Å². The van der Waals surface area contributed by atoms with Crippen LogP contribution in [-0.4, -0.2) is 31.4 Å². The molecule has 3 rings (SSSR count). The van der Waals surface area contributed by atoms with Crippen molar-refractivity contribution in [3.63, 3.8) is 0 Å². The molecule has 2 aromatic carbocycles. The van der Waals surface area contributed by atoms with Crippen LogP contribution in [0, 0.1) is 12.8 Å². The Balaban J connectivity index is 0.00000261. The quantitative estimate of drug-likeness (QED) is 0.684. The summed E-state index contributed by atoms with van der Waals surface area (Å²) in [5, 5.41) is 9.17. The van der Waals surface area contributed by atoms with Gasteiger partial charge in [0.2, 0.25) is 5.91 Å². The van der Waals surface area contributed by atoms with E-state index in [2.05, 4.69) is 16.0 Å². The Bertz CT molecular complexity index is 746. The SMILES string of the molecule is Cc1ccc(C(=O)NC(CC(=O)NCC2CNC2)c2ccccc2)cc1.Cl. The van der Waals surface area contributed by atoms with Gasteiger partial charge in [-0.1, -0.05) is 48.0 Å². The Morgan fingerprint density at radius 1 is 1.07 bits per heavy atom. The Kier molecular flexibility index (Phi) is 7.82. The zero-order valence-electron chi connectivity index (χ0n) is 15.4. The molecule has 0 radical (unpaired) electrons. The van der Waals surface area contributed by atoms with Crippen LogP contribution in [0.4, 0.5) is 0 Å². The van der Waals surface area contributed by atoms with Crippen LogP contribution in [0.25, 0.3) is 0 Å². The van der Waals surface area contributed by atoms with Crippen LogP contribution in [0.5, 0.6) is 0 Å². The highest BCUT2D eigenvalue weighted by molar-refractivity contribution is 5.94. The first-order valence-corrected chi connectivity index (χ1v) is 9.01. The molecule has 6 heteroatoms. The molecular formula is C21H26ClN3O2. The molecular weight excluding hydrogens is 362 g/mol. The third-order valence-electron chi connectivity index (χ3n) is 4.66. The summed E-state index contributed by atoms with van der Waals surface area (Å²) in [7, 11) is 0. The maximum atomic E-state index is 12.6. The van der Waals surface area contributed by atoms with Crippen molar-refractivity contribution < 1.29 is 9.59 Å². The molecule has 1 atom stereocenters. The van der Waals surface area contributed by atoms with Crippen LogP contribution in [0.15, 0.2) is 54.6 Å². The minimum absolute atomic E-state index is 0. The standard InChI is InChI=1S/C21H25N3O2.ClH/c1-15-7-9-18(10-8-15)21(26)24-19(17-5-3-2-4-6-17)11-20(25)23-14-16-12-22-13-16;/h2-10,16,19,22H,11-14H2,1H3,(H,23,25)(H,24,26);1H. The third kappa shape index (κ3) is 6.08. The van der Waals surface area contributed by atoms with E-state index in [4.69, 9.17) is 0 Å². The molecule has 1 aliphatic heterocycles. The van der Waals surface area contributed by atoms with E-state index in [1.807, 2.05) is 49.4 Å². The van der Waals surface area contributed by atoms with Crippen molar-refractivity contribution in [1.82, 2.24) is 16.0 Å². The predicted octanol–water partition coefficient (Wildman–Crippen LogP) is 2.61. The number of carbonyl (C=O) groups excluding carboxylic acids is 2. The molecule has 1 unspecified atom stereocenters. The number of carbonyl (C=O) groups is 2. The molecule has 0 aromatic heterocycles. The van der Waals surface area contributed by atoms with Gasteiger partial charge >= 0.3 is 0 Å². The lowest BCUT2D eigenvalue weighted by Crippen LogP contribution is -2.48. The molecule has 5 nitrogen and oxygen atoms in total. The third-order valence-corrected chi connectivity index (χ3v) is 4.66. The summed E-state index contributed by atoms with van der Waals surface area (Å²) in [5.74, 6) is 0.293. The number of hydrogen-bond acceptors (Lipinski definition) is 3. The number of amides is 2. The first kappa shape index (κ1) is 20.9. The van der Waals surface area contributed by atoms with E-state index in [9.17, 15) is 9.59 Å². The molecule has 2 aromatic rings. The lowest BCUT2D eigenvalue weighted by molar-refractivity contribution is -0.121. The molecule has 1 heterocycles. The Morgan fingerprint density at radius 2 is 1.74 bits per heavy atom. The molecule has 144 valence electrons. The number of rotatable bonds is 7. The van der Waals surface area contributed by atoms with Crippen molar-refractivity contribution >= 4 is 24.2 Å². The van der Waals surface area contributed by atoms with E-state index in [-0.39, 0.29) is 36.7 Å². The lowest BCUT2D eigenvalue weighted by atomic mass is 10.0. The monoisotopic (exact) mass is 387 g/mol. The van der Waals surface area contributed by atoms with Gasteiger partial charge in [-0.15, -0.1) is 12.4 Å². The topological polar surface area (TPSA) is 70.2 Å². The molecule has 0 saturated carbocycles. The van der Waals surface area contributed by atoms with Gasteiger partial charge in [-0.25, -0.2) is 0 Å². The summed E-state index contributed by atoms with van der Waals surface area (Å²) in [5.41, 5.74) is 2.62. The molecule has 3 N–H and O–H groups in total. The highest BCUT2D eigenvalue weighted by Gasteiger charge is 2.21. The highest BCUT2D eigenvalue weighted by atomic mass is 35.5. The molecule has 0 aliphatic carbocycles. The van der Waals surface area contributed by atoms with Crippen LogP contribution in [-0.2, 0) is 4.79 Å². The lowest BCUT2D eigenvalue weighted by Gasteiger charge is -2.27. The highest BCUT2D eigenvalue weighted by Crippen LogP contribution is 2.18. The van der Waals surface area contributed by atoms with Crippen molar-refractivity contribution in [2.24, 2.45) is 5.92 Å². The molecule has 1 saturated heterocycles. The minimum Gasteiger partial charge on any atom is -0.356 e. The van der Waals surface area contributed by atoms with E-state index in [1.54, 1.807) is 12.1 Å². The minimum atomic E-state index is -0.357. The first-order valence-electron chi connectivity index (χ1n) is 9.01. The van der Waals surface area contributed by atoms with Gasteiger partial charge in [0.15, 0.2) is 0 Å². The largest absolute Gasteiger partial charge is 0.356 e. The van der Waals surface area contributed by atoms with Gasteiger partial charge in [-0.05, 0) is 24.6 Å². The van der Waals surface area contributed by atoms with Crippen molar-refractivity contribution in [2.45, 2.75) is 19.4 Å². The summed E-state index contributed by atoms with van der Waals surface area (Å²) in [6, 6.07) is 16.7. The number of hydrogen-bond donors (Lipinski definition) is 3. The van der Waals surface area contributed by atoms with Crippen LogP contribution < -0.4 is 16.0 Å². The first-order chi connectivity index (χ1) is 12.6. The Morgan fingerprint density at radius 3 is 2.33 bits per heavy atom. The zero-order chi connectivity index (χ0) is 18.4.